The summed E-state index contributed by atoms with van der Waals surface area (Å²) in [5.41, 5.74) is 0.242. The van der Waals surface area contributed by atoms with Gasteiger partial charge in [-0.05, 0) is 53.1 Å². The van der Waals surface area contributed by atoms with Crippen LogP contribution in [-0.2, 0) is 4.79 Å². The van der Waals surface area contributed by atoms with Crippen LogP contribution in [-0.4, -0.2) is 47.9 Å². The predicted molar refractivity (Wildman–Crippen MR) is 65.2 cm³/mol. The summed E-state index contributed by atoms with van der Waals surface area (Å²) in [5, 5.41) is 0. The highest BCUT2D eigenvalue weighted by Gasteiger charge is 2.47. The summed E-state index contributed by atoms with van der Waals surface area (Å²) in [7, 11) is 1.94. The minimum absolute atomic E-state index is 0.00347. The molecule has 0 aromatic carbocycles. The Balaban J connectivity index is 2.03. The maximum atomic E-state index is 12.1. The summed E-state index contributed by atoms with van der Waals surface area (Å²) in [6.07, 6.45) is 3.17. The van der Waals surface area contributed by atoms with Crippen LogP contribution in [0, 0.1) is 5.41 Å². The second-order valence-corrected chi connectivity index (χ2v) is 6.41. The number of nitrogens with zero attached hydrogens (tertiary/aromatic N) is 2. The average Bonchev–Trinajstić information content (AvgIpc) is 2.47. The zero-order valence-corrected chi connectivity index (χ0v) is 11.0. The van der Waals surface area contributed by atoms with Crippen LogP contribution in [0.15, 0.2) is 0 Å². The SMILES string of the molecule is CN1CCC2(CCN(C(C)(C)C)CC2)C1=O. The van der Waals surface area contributed by atoms with Gasteiger partial charge < -0.3 is 4.90 Å². The topological polar surface area (TPSA) is 23.6 Å². The highest BCUT2D eigenvalue weighted by atomic mass is 16.2. The second kappa shape index (κ2) is 3.73. The molecule has 0 aromatic rings. The van der Waals surface area contributed by atoms with Crippen molar-refractivity contribution in [1.29, 1.82) is 0 Å². The summed E-state index contributed by atoms with van der Waals surface area (Å²) >= 11 is 0. The fourth-order valence-corrected chi connectivity index (χ4v) is 3.06. The summed E-state index contributed by atoms with van der Waals surface area (Å²) < 4.78 is 0. The van der Waals surface area contributed by atoms with Crippen molar-refractivity contribution < 1.29 is 4.79 Å². The lowest BCUT2D eigenvalue weighted by molar-refractivity contribution is -0.138. The number of carbonyl (C=O) groups excluding carboxylic acids is 1. The average molecular weight is 224 g/mol. The molecule has 1 spiro atoms. The van der Waals surface area contributed by atoms with Gasteiger partial charge >= 0.3 is 0 Å². The van der Waals surface area contributed by atoms with Crippen molar-refractivity contribution in [2.45, 2.75) is 45.6 Å². The Labute approximate surface area is 98.8 Å². The first kappa shape index (κ1) is 11.9. The van der Waals surface area contributed by atoms with Crippen LogP contribution in [0.3, 0.4) is 0 Å². The molecule has 0 aromatic heterocycles. The van der Waals surface area contributed by atoms with Gasteiger partial charge in [-0.1, -0.05) is 0 Å². The third-order valence-corrected chi connectivity index (χ3v) is 4.40. The molecule has 0 radical (unpaired) electrons. The minimum atomic E-state index is -0.00347. The molecule has 3 heteroatoms. The van der Waals surface area contributed by atoms with Crippen LogP contribution >= 0.6 is 0 Å². The lowest BCUT2D eigenvalue weighted by Crippen LogP contribution is -2.50. The monoisotopic (exact) mass is 224 g/mol. The van der Waals surface area contributed by atoms with E-state index < -0.39 is 0 Å². The molecular weight excluding hydrogens is 200 g/mol. The van der Waals surface area contributed by atoms with Gasteiger partial charge in [0.15, 0.2) is 0 Å². The zero-order chi connectivity index (χ0) is 12.0. The predicted octanol–water partition coefficient (Wildman–Crippen LogP) is 1.73. The van der Waals surface area contributed by atoms with Crippen molar-refractivity contribution in [2.24, 2.45) is 5.41 Å². The largest absolute Gasteiger partial charge is 0.345 e. The highest BCUT2D eigenvalue weighted by Crippen LogP contribution is 2.42. The van der Waals surface area contributed by atoms with E-state index in [0.717, 1.165) is 38.9 Å². The van der Waals surface area contributed by atoms with Gasteiger partial charge in [0.25, 0.3) is 0 Å². The maximum absolute atomic E-state index is 12.1. The molecule has 2 heterocycles. The second-order valence-electron chi connectivity index (χ2n) is 6.41. The standard InChI is InChI=1S/C13H24N2O/c1-12(2,3)15-9-6-13(7-10-15)5-8-14(4)11(13)16/h5-10H2,1-4H3. The Morgan fingerprint density at radius 3 is 1.94 bits per heavy atom. The Morgan fingerprint density at radius 2 is 1.56 bits per heavy atom. The zero-order valence-electron chi connectivity index (χ0n) is 11.0. The van der Waals surface area contributed by atoms with Crippen LogP contribution in [0.1, 0.15) is 40.0 Å². The summed E-state index contributed by atoms with van der Waals surface area (Å²) in [6, 6.07) is 0. The van der Waals surface area contributed by atoms with Crippen molar-refractivity contribution >= 4 is 5.91 Å². The third kappa shape index (κ3) is 1.86. The molecule has 0 aliphatic carbocycles. The number of hydrogen-bond acceptors (Lipinski definition) is 2. The Hall–Kier alpha value is -0.570. The number of piperidine rings is 1. The summed E-state index contributed by atoms with van der Waals surface area (Å²) in [6.45, 7) is 9.87. The Bertz CT molecular complexity index is 285. The van der Waals surface area contributed by atoms with Crippen molar-refractivity contribution in [3.05, 3.63) is 0 Å². The smallest absolute Gasteiger partial charge is 0.228 e. The van der Waals surface area contributed by atoms with E-state index in [4.69, 9.17) is 0 Å². The fourth-order valence-electron chi connectivity index (χ4n) is 3.06. The number of likely N-dealkylation sites (tertiary alicyclic amines) is 2. The molecule has 92 valence electrons. The van der Waals surface area contributed by atoms with E-state index in [9.17, 15) is 4.79 Å². The van der Waals surface area contributed by atoms with Gasteiger partial charge in [0.1, 0.15) is 0 Å². The van der Waals surface area contributed by atoms with E-state index in [-0.39, 0.29) is 11.0 Å². The Morgan fingerprint density at radius 1 is 1.06 bits per heavy atom. The van der Waals surface area contributed by atoms with Crippen LogP contribution in [0.5, 0.6) is 0 Å². The summed E-state index contributed by atoms with van der Waals surface area (Å²) in [4.78, 5) is 16.6. The molecule has 0 saturated carbocycles. The molecule has 0 N–H and O–H groups in total. The van der Waals surface area contributed by atoms with Gasteiger partial charge in [0.2, 0.25) is 5.91 Å². The quantitative estimate of drug-likeness (QED) is 0.625. The normalized spacial score (nSPS) is 26.8. The van der Waals surface area contributed by atoms with Gasteiger partial charge in [-0.25, -0.2) is 0 Å². The molecule has 0 unspecified atom stereocenters. The number of rotatable bonds is 0. The number of carbonyl (C=O) groups is 1. The van der Waals surface area contributed by atoms with Crippen molar-refractivity contribution in [3.8, 4) is 0 Å². The first-order chi connectivity index (χ1) is 7.35. The molecule has 2 aliphatic rings. The van der Waals surface area contributed by atoms with Crippen molar-refractivity contribution in [3.63, 3.8) is 0 Å². The maximum Gasteiger partial charge on any atom is 0.228 e. The van der Waals surface area contributed by atoms with E-state index in [1.54, 1.807) is 0 Å². The van der Waals surface area contributed by atoms with Gasteiger partial charge in [-0.2, -0.15) is 0 Å². The molecule has 2 fully saturated rings. The van der Waals surface area contributed by atoms with Crippen molar-refractivity contribution in [2.75, 3.05) is 26.7 Å². The van der Waals surface area contributed by atoms with E-state index in [1.807, 2.05) is 11.9 Å². The van der Waals surface area contributed by atoms with Gasteiger partial charge in [0.05, 0.1) is 5.41 Å². The third-order valence-electron chi connectivity index (χ3n) is 4.40. The first-order valence-electron chi connectivity index (χ1n) is 6.36. The molecule has 1 amide bonds. The van der Waals surface area contributed by atoms with Crippen molar-refractivity contribution in [1.82, 2.24) is 9.80 Å². The van der Waals surface area contributed by atoms with E-state index in [2.05, 4.69) is 25.7 Å². The van der Waals surface area contributed by atoms with Gasteiger partial charge in [0, 0.05) is 19.1 Å². The molecule has 2 saturated heterocycles. The van der Waals surface area contributed by atoms with Crippen LogP contribution in [0.2, 0.25) is 0 Å². The molecule has 3 nitrogen and oxygen atoms in total. The Kier molecular flexibility index (Phi) is 2.77. The number of hydrogen-bond donors (Lipinski definition) is 0. The fraction of sp³-hybridized carbons (Fsp3) is 0.923. The van der Waals surface area contributed by atoms with Gasteiger partial charge in [-0.3, -0.25) is 9.69 Å². The summed E-state index contributed by atoms with van der Waals surface area (Å²) in [5.74, 6) is 0.390. The number of amides is 1. The molecular formula is C13H24N2O. The van der Waals surface area contributed by atoms with Gasteiger partial charge in [-0.15, -0.1) is 0 Å². The highest BCUT2D eigenvalue weighted by molar-refractivity contribution is 5.84. The van der Waals surface area contributed by atoms with E-state index >= 15 is 0 Å². The van der Waals surface area contributed by atoms with Crippen LogP contribution in [0.4, 0.5) is 0 Å². The van der Waals surface area contributed by atoms with Crippen LogP contribution in [0.25, 0.3) is 0 Å². The minimum Gasteiger partial charge on any atom is -0.345 e. The lowest BCUT2D eigenvalue weighted by Gasteiger charge is -2.44. The molecule has 2 aliphatic heterocycles. The molecule has 0 bridgehead atoms. The van der Waals surface area contributed by atoms with E-state index in [1.165, 1.54) is 0 Å². The molecule has 0 atom stereocenters. The molecule has 16 heavy (non-hydrogen) atoms. The van der Waals surface area contributed by atoms with E-state index in [0.29, 0.717) is 5.91 Å². The van der Waals surface area contributed by atoms with Crippen LogP contribution < -0.4 is 0 Å². The lowest BCUT2D eigenvalue weighted by atomic mass is 9.76. The first-order valence-corrected chi connectivity index (χ1v) is 6.36. The molecule has 2 rings (SSSR count).